The van der Waals surface area contributed by atoms with E-state index in [4.69, 9.17) is 11.6 Å². The Balaban J connectivity index is 2.54. The standard InChI is InChI=1S/C14H23ClN2/c1-4-7-16-14(8-11(2)3)9-13-6-5-12(15)10-17-13/h5-6,10-11,14,16H,4,7-9H2,1-3H3. The van der Waals surface area contributed by atoms with Crippen LogP contribution in [0.25, 0.3) is 0 Å². The molecule has 1 aromatic heterocycles. The van der Waals surface area contributed by atoms with Crippen molar-refractivity contribution in [2.24, 2.45) is 5.92 Å². The van der Waals surface area contributed by atoms with Crippen LogP contribution in [0.15, 0.2) is 18.3 Å². The second-order valence-electron chi connectivity index (χ2n) is 4.95. The van der Waals surface area contributed by atoms with Crippen molar-refractivity contribution in [3.63, 3.8) is 0 Å². The van der Waals surface area contributed by atoms with Crippen molar-refractivity contribution in [2.45, 2.75) is 46.1 Å². The van der Waals surface area contributed by atoms with E-state index in [1.807, 2.05) is 12.1 Å². The van der Waals surface area contributed by atoms with Gasteiger partial charge in [0.05, 0.1) is 5.02 Å². The van der Waals surface area contributed by atoms with Gasteiger partial charge in [-0.1, -0.05) is 32.4 Å². The van der Waals surface area contributed by atoms with Gasteiger partial charge < -0.3 is 5.32 Å². The van der Waals surface area contributed by atoms with E-state index in [0.717, 1.165) is 18.7 Å². The van der Waals surface area contributed by atoms with Crippen molar-refractivity contribution in [3.8, 4) is 0 Å². The van der Waals surface area contributed by atoms with Gasteiger partial charge in [0, 0.05) is 24.4 Å². The molecule has 0 saturated carbocycles. The van der Waals surface area contributed by atoms with Gasteiger partial charge in [0.1, 0.15) is 0 Å². The summed E-state index contributed by atoms with van der Waals surface area (Å²) in [6, 6.07) is 4.45. The molecule has 0 saturated heterocycles. The molecular formula is C14H23ClN2. The molecule has 0 aliphatic carbocycles. The fraction of sp³-hybridized carbons (Fsp3) is 0.643. The minimum absolute atomic E-state index is 0.517. The van der Waals surface area contributed by atoms with Crippen molar-refractivity contribution in [1.82, 2.24) is 10.3 Å². The lowest BCUT2D eigenvalue weighted by atomic mass is 9.99. The summed E-state index contributed by atoms with van der Waals surface area (Å²) in [5, 5.41) is 4.30. The molecule has 0 spiro atoms. The first-order valence-corrected chi connectivity index (χ1v) is 6.83. The van der Waals surface area contributed by atoms with Crippen LogP contribution in [0.5, 0.6) is 0 Å². The lowest BCUT2D eigenvalue weighted by Gasteiger charge is -2.20. The molecule has 0 aliphatic rings. The largest absolute Gasteiger partial charge is 0.314 e. The van der Waals surface area contributed by atoms with Gasteiger partial charge in [0.2, 0.25) is 0 Å². The highest BCUT2D eigenvalue weighted by molar-refractivity contribution is 6.30. The Hall–Kier alpha value is -0.600. The first-order chi connectivity index (χ1) is 8.11. The Morgan fingerprint density at radius 2 is 2.12 bits per heavy atom. The summed E-state index contributed by atoms with van der Waals surface area (Å²) in [4.78, 5) is 4.36. The summed E-state index contributed by atoms with van der Waals surface area (Å²) < 4.78 is 0. The fourth-order valence-corrected chi connectivity index (χ4v) is 2.05. The Morgan fingerprint density at radius 3 is 2.65 bits per heavy atom. The van der Waals surface area contributed by atoms with Crippen LogP contribution in [0.4, 0.5) is 0 Å². The zero-order valence-electron chi connectivity index (χ0n) is 11.0. The molecule has 17 heavy (non-hydrogen) atoms. The molecule has 1 unspecified atom stereocenters. The normalized spacial score (nSPS) is 13.0. The van der Waals surface area contributed by atoms with Crippen LogP contribution in [0.2, 0.25) is 5.02 Å². The first kappa shape index (κ1) is 14.5. The molecule has 0 aromatic carbocycles. The quantitative estimate of drug-likeness (QED) is 0.803. The Morgan fingerprint density at radius 1 is 1.35 bits per heavy atom. The fourth-order valence-electron chi connectivity index (χ4n) is 1.94. The average Bonchev–Trinajstić information content (AvgIpc) is 2.28. The monoisotopic (exact) mass is 254 g/mol. The Kier molecular flexibility index (Phi) is 6.53. The van der Waals surface area contributed by atoms with Crippen LogP contribution in [0.1, 0.15) is 39.3 Å². The molecular weight excluding hydrogens is 232 g/mol. The molecule has 1 rings (SSSR count). The Labute approximate surface area is 110 Å². The highest BCUT2D eigenvalue weighted by atomic mass is 35.5. The summed E-state index contributed by atoms with van der Waals surface area (Å²) in [6.45, 7) is 7.79. The molecule has 1 atom stereocenters. The number of hydrogen-bond acceptors (Lipinski definition) is 2. The predicted molar refractivity (Wildman–Crippen MR) is 74.5 cm³/mol. The number of nitrogens with zero attached hydrogens (tertiary/aromatic N) is 1. The molecule has 1 aromatic rings. The molecule has 1 heterocycles. The molecule has 0 radical (unpaired) electrons. The number of pyridine rings is 1. The zero-order valence-corrected chi connectivity index (χ0v) is 11.8. The molecule has 0 fully saturated rings. The van der Waals surface area contributed by atoms with Gasteiger partial charge >= 0.3 is 0 Å². The van der Waals surface area contributed by atoms with Crippen molar-refractivity contribution >= 4 is 11.6 Å². The van der Waals surface area contributed by atoms with E-state index in [9.17, 15) is 0 Å². The van der Waals surface area contributed by atoms with Crippen LogP contribution in [-0.4, -0.2) is 17.6 Å². The van der Waals surface area contributed by atoms with E-state index < -0.39 is 0 Å². The Bertz CT molecular complexity index is 309. The van der Waals surface area contributed by atoms with E-state index in [1.165, 1.54) is 12.8 Å². The minimum Gasteiger partial charge on any atom is -0.314 e. The van der Waals surface area contributed by atoms with Crippen molar-refractivity contribution in [1.29, 1.82) is 0 Å². The molecule has 3 heteroatoms. The highest BCUT2D eigenvalue weighted by Gasteiger charge is 2.11. The van der Waals surface area contributed by atoms with Crippen LogP contribution < -0.4 is 5.32 Å². The van der Waals surface area contributed by atoms with Gasteiger partial charge in [0.25, 0.3) is 0 Å². The first-order valence-electron chi connectivity index (χ1n) is 6.45. The number of halogens is 1. The third-order valence-electron chi connectivity index (χ3n) is 2.68. The lowest BCUT2D eigenvalue weighted by Crippen LogP contribution is -2.33. The van der Waals surface area contributed by atoms with Gasteiger partial charge in [-0.05, 0) is 37.4 Å². The maximum Gasteiger partial charge on any atom is 0.0589 e. The maximum atomic E-state index is 5.84. The van der Waals surface area contributed by atoms with E-state index >= 15 is 0 Å². The van der Waals surface area contributed by atoms with Crippen LogP contribution in [-0.2, 0) is 6.42 Å². The summed E-state index contributed by atoms with van der Waals surface area (Å²) in [7, 11) is 0. The van der Waals surface area contributed by atoms with Crippen LogP contribution >= 0.6 is 11.6 Å². The number of aromatic nitrogens is 1. The summed E-state index contributed by atoms with van der Waals surface area (Å²) in [5.41, 5.74) is 1.11. The van der Waals surface area contributed by atoms with E-state index in [2.05, 4.69) is 31.1 Å². The van der Waals surface area contributed by atoms with Crippen molar-refractivity contribution in [3.05, 3.63) is 29.0 Å². The topological polar surface area (TPSA) is 24.9 Å². The van der Waals surface area contributed by atoms with Crippen LogP contribution in [0, 0.1) is 5.92 Å². The second-order valence-corrected chi connectivity index (χ2v) is 5.39. The molecule has 0 bridgehead atoms. The van der Waals surface area contributed by atoms with Gasteiger partial charge in [-0.2, -0.15) is 0 Å². The molecule has 0 amide bonds. The molecule has 2 nitrogen and oxygen atoms in total. The highest BCUT2D eigenvalue weighted by Crippen LogP contribution is 2.12. The van der Waals surface area contributed by atoms with Gasteiger partial charge in [0.15, 0.2) is 0 Å². The number of nitrogens with one attached hydrogen (secondary N) is 1. The maximum absolute atomic E-state index is 5.84. The zero-order chi connectivity index (χ0) is 12.7. The third kappa shape index (κ3) is 6.04. The van der Waals surface area contributed by atoms with Crippen molar-refractivity contribution in [2.75, 3.05) is 6.54 Å². The lowest BCUT2D eigenvalue weighted by molar-refractivity contribution is 0.414. The van der Waals surface area contributed by atoms with E-state index in [1.54, 1.807) is 6.20 Å². The summed E-state index contributed by atoms with van der Waals surface area (Å²) >= 11 is 5.84. The molecule has 1 N–H and O–H groups in total. The number of hydrogen-bond donors (Lipinski definition) is 1. The molecule has 0 aliphatic heterocycles. The van der Waals surface area contributed by atoms with Gasteiger partial charge in [-0.3, -0.25) is 4.98 Å². The molecule has 96 valence electrons. The average molecular weight is 255 g/mol. The SMILES string of the molecule is CCCNC(Cc1ccc(Cl)cn1)CC(C)C. The third-order valence-corrected chi connectivity index (χ3v) is 2.91. The van der Waals surface area contributed by atoms with Gasteiger partial charge in [-0.15, -0.1) is 0 Å². The second kappa shape index (κ2) is 7.67. The summed E-state index contributed by atoms with van der Waals surface area (Å²) in [5.74, 6) is 0.705. The van der Waals surface area contributed by atoms with Crippen molar-refractivity contribution < 1.29 is 0 Å². The van der Waals surface area contributed by atoms with E-state index in [0.29, 0.717) is 17.0 Å². The smallest absolute Gasteiger partial charge is 0.0589 e. The van der Waals surface area contributed by atoms with Crippen LogP contribution in [0.3, 0.4) is 0 Å². The number of rotatable bonds is 7. The predicted octanol–water partition coefficient (Wildman–Crippen LogP) is 3.69. The van der Waals surface area contributed by atoms with Gasteiger partial charge in [-0.25, -0.2) is 0 Å². The summed E-state index contributed by atoms with van der Waals surface area (Å²) in [6.07, 6.45) is 5.06. The van der Waals surface area contributed by atoms with E-state index in [-0.39, 0.29) is 0 Å². The minimum atomic E-state index is 0.517.